The number of nitrogens with zero attached hydrogens (tertiary/aromatic N) is 2. The van der Waals surface area contributed by atoms with E-state index in [2.05, 4.69) is 13.2 Å². The number of hydrogen-bond acceptors (Lipinski definition) is 7. The maximum atomic E-state index is 14.3. The number of hydrogen-bond donors (Lipinski definition) is 1. The van der Waals surface area contributed by atoms with Crippen LogP contribution in [0.3, 0.4) is 0 Å². The smallest absolute Gasteiger partial charge is 0.312 e. The van der Waals surface area contributed by atoms with Gasteiger partial charge in [0.05, 0.1) is 44.3 Å². The first-order chi connectivity index (χ1) is 17.8. The molecule has 2 bridgehead atoms. The molecule has 2 amide bonds. The highest BCUT2D eigenvalue weighted by molar-refractivity contribution is 6.04. The van der Waals surface area contributed by atoms with Gasteiger partial charge in [-0.15, -0.1) is 13.2 Å². The lowest BCUT2D eigenvalue weighted by atomic mass is 9.70. The SMILES string of the molecule is C=CCCCOC(=O)[C@@H]1[C@@H]2CCC3(O2)C(C(=O)N(CC=C)c2ccc(OC)cc2)N([C@H](C)CO)C(=O)[C@H]13. The van der Waals surface area contributed by atoms with Crippen molar-refractivity contribution in [2.45, 2.75) is 56.4 Å². The van der Waals surface area contributed by atoms with Gasteiger partial charge in [0.2, 0.25) is 5.91 Å². The third-order valence-electron chi connectivity index (χ3n) is 7.74. The number of benzene rings is 1. The highest BCUT2D eigenvalue weighted by Crippen LogP contribution is 2.59. The summed E-state index contributed by atoms with van der Waals surface area (Å²) in [6, 6.07) is 5.39. The van der Waals surface area contributed by atoms with E-state index >= 15 is 0 Å². The Morgan fingerprint density at radius 3 is 2.65 bits per heavy atom. The quantitative estimate of drug-likeness (QED) is 0.261. The van der Waals surface area contributed by atoms with E-state index in [1.165, 1.54) is 4.90 Å². The van der Waals surface area contributed by atoms with Crippen LogP contribution < -0.4 is 9.64 Å². The summed E-state index contributed by atoms with van der Waals surface area (Å²) in [6.45, 7) is 9.27. The van der Waals surface area contributed by atoms with Gasteiger partial charge in [-0.05, 0) is 56.9 Å². The molecular weight excluding hydrogens is 476 g/mol. The second-order valence-electron chi connectivity index (χ2n) is 9.87. The summed E-state index contributed by atoms with van der Waals surface area (Å²) in [7, 11) is 1.56. The molecule has 3 fully saturated rings. The van der Waals surface area contributed by atoms with Crippen LogP contribution in [0.2, 0.25) is 0 Å². The zero-order chi connectivity index (χ0) is 26.7. The first-order valence-electron chi connectivity index (χ1n) is 12.8. The van der Waals surface area contributed by atoms with Gasteiger partial charge in [-0.2, -0.15) is 0 Å². The van der Waals surface area contributed by atoms with Crippen molar-refractivity contribution in [1.29, 1.82) is 0 Å². The highest BCUT2D eigenvalue weighted by atomic mass is 16.6. The lowest BCUT2D eigenvalue weighted by Gasteiger charge is -2.38. The molecular formula is C28H36N2O7. The summed E-state index contributed by atoms with van der Waals surface area (Å²) in [5.41, 5.74) is -0.556. The van der Waals surface area contributed by atoms with Crippen molar-refractivity contribution in [1.82, 2.24) is 4.90 Å². The van der Waals surface area contributed by atoms with Gasteiger partial charge in [0.15, 0.2) is 0 Å². The third-order valence-corrected chi connectivity index (χ3v) is 7.74. The molecule has 3 aliphatic rings. The van der Waals surface area contributed by atoms with Gasteiger partial charge < -0.3 is 29.1 Å². The van der Waals surface area contributed by atoms with Crippen LogP contribution in [0.5, 0.6) is 5.75 Å². The first-order valence-corrected chi connectivity index (χ1v) is 12.8. The Hall–Kier alpha value is -3.17. The Morgan fingerprint density at radius 1 is 1.30 bits per heavy atom. The summed E-state index contributed by atoms with van der Waals surface area (Å²) < 4.78 is 17.2. The van der Waals surface area contributed by atoms with Gasteiger partial charge in [0.1, 0.15) is 17.4 Å². The number of aliphatic hydroxyl groups excluding tert-OH is 1. The van der Waals surface area contributed by atoms with Crippen molar-refractivity contribution in [3.8, 4) is 5.75 Å². The average Bonchev–Trinajstić information content (AvgIpc) is 3.56. The number of ether oxygens (including phenoxy) is 3. The molecule has 4 rings (SSSR count). The Bertz CT molecular complexity index is 1040. The van der Waals surface area contributed by atoms with Crippen LogP contribution in [0.15, 0.2) is 49.6 Å². The van der Waals surface area contributed by atoms with E-state index in [4.69, 9.17) is 14.2 Å². The van der Waals surface area contributed by atoms with Gasteiger partial charge >= 0.3 is 5.97 Å². The Kier molecular flexibility index (Phi) is 8.04. The van der Waals surface area contributed by atoms with E-state index in [1.807, 2.05) is 0 Å². The predicted octanol–water partition coefficient (Wildman–Crippen LogP) is 2.48. The fourth-order valence-electron chi connectivity index (χ4n) is 6.06. The lowest BCUT2D eigenvalue weighted by molar-refractivity contribution is -0.155. The Labute approximate surface area is 217 Å². The fraction of sp³-hybridized carbons (Fsp3) is 0.536. The highest BCUT2D eigenvalue weighted by Gasteiger charge is 2.75. The largest absolute Gasteiger partial charge is 0.497 e. The van der Waals surface area contributed by atoms with Crippen molar-refractivity contribution in [3.05, 3.63) is 49.6 Å². The molecule has 0 aliphatic carbocycles. The molecule has 37 heavy (non-hydrogen) atoms. The minimum atomic E-state index is -1.17. The molecule has 0 saturated carbocycles. The van der Waals surface area contributed by atoms with Gasteiger partial charge in [-0.3, -0.25) is 14.4 Å². The molecule has 1 spiro atoms. The molecule has 3 aliphatic heterocycles. The summed E-state index contributed by atoms with van der Waals surface area (Å²) >= 11 is 0. The van der Waals surface area contributed by atoms with E-state index in [-0.39, 0.29) is 31.6 Å². The summed E-state index contributed by atoms with van der Waals surface area (Å²) in [5, 5.41) is 10.0. The van der Waals surface area contributed by atoms with Crippen LogP contribution in [-0.4, -0.2) is 78.4 Å². The molecule has 0 aromatic heterocycles. The normalized spacial score (nSPS) is 28.5. The molecule has 9 nitrogen and oxygen atoms in total. The van der Waals surface area contributed by atoms with Crippen LogP contribution in [0, 0.1) is 11.8 Å². The number of amides is 2. The number of rotatable bonds is 12. The Morgan fingerprint density at radius 2 is 2.03 bits per heavy atom. The first kappa shape index (κ1) is 26.9. The number of esters is 1. The number of methoxy groups -OCH3 is 1. The molecule has 3 saturated heterocycles. The van der Waals surface area contributed by atoms with Gasteiger partial charge in [0.25, 0.3) is 5.91 Å². The van der Waals surface area contributed by atoms with Crippen molar-refractivity contribution in [3.63, 3.8) is 0 Å². The van der Waals surface area contributed by atoms with E-state index in [9.17, 15) is 19.5 Å². The number of fused-ring (bicyclic) bond motifs is 1. The summed E-state index contributed by atoms with van der Waals surface area (Å²) in [6.07, 6.45) is 5.25. The molecule has 200 valence electrons. The van der Waals surface area contributed by atoms with Crippen LogP contribution in [0.1, 0.15) is 32.6 Å². The number of likely N-dealkylation sites (tertiary alicyclic amines) is 1. The second-order valence-corrected chi connectivity index (χ2v) is 9.87. The third kappa shape index (κ3) is 4.55. The van der Waals surface area contributed by atoms with E-state index < -0.39 is 41.6 Å². The molecule has 2 unspecified atom stereocenters. The van der Waals surface area contributed by atoms with Crippen molar-refractivity contribution in [2.24, 2.45) is 11.8 Å². The second kappa shape index (κ2) is 11.1. The van der Waals surface area contributed by atoms with Crippen LogP contribution >= 0.6 is 0 Å². The zero-order valence-electron chi connectivity index (χ0n) is 21.5. The maximum absolute atomic E-state index is 14.3. The summed E-state index contributed by atoms with van der Waals surface area (Å²) in [5.74, 6) is -2.16. The topological polar surface area (TPSA) is 106 Å². The minimum absolute atomic E-state index is 0.205. The standard InChI is InChI=1S/C28H36N2O7/c1-5-7-8-16-36-27(34)22-21-13-14-28(37-21)23(22)25(32)30(18(3)17-31)24(28)26(33)29(15-6-2)19-9-11-20(35-4)12-10-19/h5-6,9-12,18,21-24,31H,1-2,7-8,13-17H2,3-4H3/t18-,21+,22-,23+,24?,28?/m1/s1. The molecule has 6 atom stereocenters. The molecule has 9 heteroatoms. The predicted molar refractivity (Wildman–Crippen MR) is 137 cm³/mol. The van der Waals surface area contributed by atoms with Crippen LogP contribution in [0.4, 0.5) is 5.69 Å². The number of allylic oxidation sites excluding steroid dienone is 1. The van der Waals surface area contributed by atoms with Gasteiger partial charge in [0, 0.05) is 12.2 Å². The molecule has 3 heterocycles. The van der Waals surface area contributed by atoms with Gasteiger partial charge in [-0.25, -0.2) is 0 Å². The van der Waals surface area contributed by atoms with Crippen molar-refractivity contribution >= 4 is 23.5 Å². The molecule has 1 N–H and O–H groups in total. The fourth-order valence-corrected chi connectivity index (χ4v) is 6.06. The number of aliphatic hydroxyl groups is 1. The van der Waals surface area contributed by atoms with Gasteiger partial charge in [-0.1, -0.05) is 12.2 Å². The summed E-state index contributed by atoms with van der Waals surface area (Å²) in [4.78, 5) is 44.3. The molecule has 1 aromatic rings. The van der Waals surface area contributed by atoms with E-state index in [1.54, 1.807) is 55.4 Å². The van der Waals surface area contributed by atoms with Crippen LogP contribution in [-0.2, 0) is 23.9 Å². The van der Waals surface area contributed by atoms with Crippen LogP contribution in [0.25, 0.3) is 0 Å². The lowest BCUT2D eigenvalue weighted by Crippen LogP contribution is -2.58. The van der Waals surface area contributed by atoms with Crippen molar-refractivity contribution < 1.29 is 33.7 Å². The van der Waals surface area contributed by atoms with E-state index in [0.717, 1.165) is 0 Å². The number of carbonyl (C=O) groups is 3. The molecule has 1 aromatic carbocycles. The van der Waals surface area contributed by atoms with Crippen molar-refractivity contribution in [2.75, 3.05) is 31.8 Å². The monoisotopic (exact) mass is 512 g/mol. The van der Waals surface area contributed by atoms with E-state index in [0.29, 0.717) is 37.1 Å². The number of unbranched alkanes of at least 4 members (excludes halogenated alkanes) is 1. The number of anilines is 1. The Balaban J connectivity index is 1.70. The number of carbonyl (C=O) groups excluding carboxylic acids is 3. The average molecular weight is 513 g/mol. The zero-order valence-corrected chi connectivity index (χ0v) is 21.5. The molecule has 0 radical (unpaired) electrons. The minimum Gasteiger partial charge on any atom is -0.497 e. The maximum Gasteiger partial charge on any atom is 0.312 e.